The number of hydrogen-bond acceptors (Lipinski definition) is 7. The van der Waals surface area contributed by atoms with E-state index < -0.39 is 11.9 Å². The Labute approximate surface area is 483 Å². The summed E-state index contributed by atoms with van der Waals surface area (Å²) in [6.07, 6.45) is 15.7. The van der Waals surface area contributed by atoms with Gasteiger partial charge in [0.25, 0.3) is 5.91 Å². The van der Waals surface area contributed by atoms with Crippen molar-refractivity contribution in [2.24, 2.45) is 5.10 Å². The third-order valence-electron chi connectivity index (χ3n) is 17.0. The molecule has 1 aliphatic heterocycles. The van der Waals surface area contributed by atoms with Crippen molar-refractivity contribution in [3.63, 3.8) is 0 Å². The SMILES string of the molecule is CCCCC1(CCCC)c2ccccc2-c2ccc(N(c3ccc(-c4ccc(-c5ccc(-c6ccc(C=C7C(=O)N(c8ccccc8)N=C7C(=O)O)s6)s5)s4)cc3)c3ccc4c(c3)C(CCCC)(CCCC)c3ccccc3-4)cc21. The number of fused-ring (bicyclic) bond motifs is 6. The van der Waals surface area contributed by atoms with Gasteiger partial charge < -0.3 is 10.0 Å². The largest absolute Gasteiger partial charge is 0.476 e. The lowest BCUT2D eigenvalue weighted by Crippen LogP contribution is -2.26. The van der Waals surface area contributed by atoms with Crippen molar-refractivity contribution in [1.82, 2.24) is 0 Å². The van der Waals surface area contributed by atoms with Crippen LogP contribution in [0.2, 0.25) is 0 Å². The number of carbonyl (C=O) groups excluding carboxylic acids is 1. The first kappa shape index (κ1) is 53.2. The quantitative estimate of drug-likeness (QED) is 0.0728. The topological polar surface area (TPSA) is 73.2 Å². The van der Waals surface area contributed by atoms with Crippen molar-refractivity contribution < 1.29 is 14.7 Å². The van der Waals surface area contributed by atoms with Crippen LogP contribution in [-0.2, 0) is 20.4 Å². The number of nitrogens with zero attached hydrogens (tertiary/aromatic N) is 3. The molecule has 0 radical (unpaired) electrons. The number of anilines is 4. The monoisotopic (exact) mass is 1110 g/mol. The maximum atomic E-state index is 13.5. The fraction of sp³-hybridized carbons (Fsp3) is 0.254. The number of aliphatic carboxylic acids is 1. The molecule has 0 bridgehead atoms. The number of thiophene rings is 3. The molecular weight excluding hydrogens is 1040 g/mol. The van der Waals surface area contributed by atoms with Crippen molar-refractivity contribution in [3.05, 3.63) is 209 Å². The molecule has 0 saturated heterocycles. The summed E-state index contributed by atoms with van der Waals surface area (Å²) in [4.78, 5) is 34.8. The number of carboxylic acids is 1. The number of rotatable bonds is 21. The van der Waals surface area contributed by atoms with Crippen LogP contribution in [0.5, 0.6) is 0 Å². The molecule has 6 aromatic carbocycles. The predicted octanol–water partition coefficient (Wildman–Crippen LogP) is 20.5. The summed E-state index contributed by atoms with van der Waals surface area (Å²) in [6, 6.07) is 64.3. The van der Waals surface area contributed by atoms with Gasteiger partial charge in [-0.3, -0.25) is 4.79 Å². The van der Waals surface area contributed by atoms with Crippen LogP contribution >= 0.6 is 34.0 Å². The van der Waals surface area contributed by atoms with Gasteiger partial charge in [0.1, 0.15) is 0 Å². The van der Waals surface area contributed by atoms with Gasteiger partial charge >= 0.3 is 5.97 Å². The zero-order valence-electron chi connectivity index (χ0n) is 46.1. The summed E-state index contributed by atoms with van der Waals surface area (Å²) in [5, 5.41) is 15.3. The molecule has 1 amide bonds. The lowest BCUT2D eigenvalue weighted by atomic mass is 9.70. The van der Waals surface area contributed by atoms with Crippen LogP contribution in [0.4, 0.5) is 22.7 Å². The number of carboxylic acid groups (broad SMARTS) is 1. The number of amides is 1. The number of hydrogen-bond donors (Lipinski definition) is 1. The number of unbranched alkanes of at least 4 members (excludes halogenated alkanes) is 4. The third kappa shape index (κ3) is 9.50. The average molecular weight is 1110 g/mol. The van der Waals surface area contributed by atoms with Crippen molar-refractivity contribution >= 4 is 80.4 Å². The molecule has 402 valence electrons. The Morgan fingerprint density at radius 1 is 0.500 bits per heavy atom. The first-order chi connectivity index (χ1) is 39.2. The van der Waals surface area contributed by atoms with Crippen molar-refractivity contribution in [1.29, 1.82) is 0 Å². The lowest BCUT2D eigenvalue weighted by Gasteiger charge is -2.35. The number of para-hydroxylation sites is 1. The molecule has 12 rings (SSSR count). The molecule has 3 aromatic heterocycles. The van der Waals surface area contributed by atoms with Crippen LogP contribution in [0, 0.1) is 0 Å². The number of hydrazone groups is 1. The van der Waals surface area contributed by atoms with Crippen LogP contribution in [0.1, 0.15) is 132 Å². The van der Waals surface area contributed by atoms with Gasteiger partial charge in [0.15, 0.2) is 5.71 Å². The van der Waals surface area contributed by atoms with E-state index in [9.17, 15) is 14.7 Å². The molecule has 3 aliphatic rings. The van der Waals surface area contributed by atoms with E-state index in [2.05, 4.69) is 171 Å². The Morgan fingerprint density at radius 3 is 1.45 bits per heavy atom. The molecule has 0 saturated carbocycles. The number of benzene rings is 6. The second kappa shape index (κ2) is 22.6. The average Bonchev–Trinajstić information content (AvgIpc) is 4.43. The fourth-order valence-corrected chi connectivity index (χ4v) is 16.2. The standard InChI is InChI=1S/C71H67N3O3S3/c1-5-9-40-70(41-10-6-2)58-24-18-16-22-53(58)55-33-30-50(44-60(55)70)73(51-31-34-56-54-23-17-19-25-59(54)71(42-11-7-3,43-12-8-4)61(56)45-51)48-28-26-47(27-29-48)62-36-37-65(79-62)66-39-38-64(80-66)63-35-32-52(78-63)46-57-67(69(76)77)72-74(68(57)75)49-20-14-13-15-21-49/h13-39,44-46H,5-12,40-43H2,1-4H3,(H,76,77). The minimum atomic E-state index is -1.24. The van der Waals surface area contributed by atoms with E-state index in [4.69, 9.17) is 0 Å². The van der Waals surface area contributed by atoms with Gasteiger partial charge in [0, 0.05) is 57.2 Å². The highest BCUT2D eigenvalue weighted by atomic mass is 32.1. The van der Waals surface area contributed by atoms with Gasteiger partial charge in [-0.05, 0) is 167 Å². The van der Waals surface area contributed by atoms with E-state index >= 15 is 0 Å². The Bertz CT molecular complexity index is 3690. The molecule has 0 spiro atoms. The van der Waals surface area contributed by atoms with E-state index in [0.717, 1.165) is 51.0 Å². The Balaban J connectivity index is 0.885. The highest BCUT2D eigenvalue weighted by molar-refractivity contribution is 7.27. The predicted molar refractivity (Wildman–Crippen MR) is 339 cm³/mol. The van der Waals surface area contributed by atoms with Gasteiger partial charge in [-0.15, -0.1) is 34.0 Å². The highest BCUT2D eigenvalue weighted by Gasteiger charge is 2.44. The summed E-state index contributed by atoms with van der Waals surface area (Å²) in [6.45, 7) is 9.34. The van der Waals surface area contributed by atoms with Gasteiger partial charge in [-0.1, -0.05) is 170 Å². The second-order valence-electron chi connectivity index (χ2n) is 21.8. The molecule has 0 atom stereocenters. The van der Waals surface area contributed by atoms with Gasteiger partial charge in [0.2, 0.25) is 0 Å². The molecule has 0 unspecified atom stereocenters. The van der Waals surface area contributed by atoms with E-state index in [1.807, 2.05) is 18.2 Å². The van der Waals surface area contributed by atoms with Crippen LogP contribution in [0.15, 0.2) is 187 Å². The molecule has 1 N–H and O–H groups in total. The smallest absolute Gasteiger partial charge is 0.357 e. The molecule has 0 fully saturated rings. The summed E-state index contributed by atoms with van der Waals surface area (Å²) >= 11 is 5.07. The third-order valence-corrected chi connectivity index (χ3v) is 20.6. The summed E-state index contributed by atoms with van der Waals surface area (Å²) in [5.41, 5.74) is 16.5. The molecule has 9 heteroatoms. The minimum absolute atomic E-state index is 0.0323. The minimum Gasteiger partial charge on any atom is -0.476 e. The maximum absolute atomic E-state index is 13.5. The van der Waals surface area contributed by atoms with E-state index in [0.29, 0.717) is 5.69 Å². The summed E-state index contributed by atoms with van der Waals surface area (Å²) in [5.74, 6) is -1.70. The van der Waals surface area contributed by atoms with Gasteiger partial charge in [0.05, 0.1) is 11.3 Å². The Morgan fingerprint density at radius 2 is 0.938 bits per heavy atom. The highest BCUT2D eigenvalue weighted by Crippen LogP contribution is 2.58. The molecule has 4 heterocycles. The molecule has 6 nitrogen and oxygen atoms in total. The van der Waals surface area contributed by atoms with Crippen LogP contribution in [-0.4, -0.2) is 22.7 Å². The second-order valence-corrected chi connectivity index (χ2v) is 25.1. The molecule has 2 aliphatic carbocycles. The normalized spacial score (nSPS) is 15.0. The summed E-state index contributed by atoms with van der Waals surface area (Å²) < 4.78 is 0. The van der Waals surface area contributed by atoms with Crippen LogP contribution in [0.25, 0.3) is 58.3 Å². The molecule has 80 heavy (non-hydrogen) atoms. The van der Waals surface area contributed by atoms with Crippen molar-refractivity contribution in [2.45, 2.75) is 116 Å². The molecular formula is C71H67N3O3S3. The van der Waals surface area contributed by atoms with Crippen molar-refractivity contribution in [3.8, 4) is 52.2 Å². The number of carbonyl (C=O) groups is 2. The molecule has 9 aromatic rings. The zero-order chi connectivity index (χ0) is 55.0. The maximum Gasteiger partial charge on any atom is 0.357 e. The first-order valence-corrected chi connectivity index (χ1v) is 31.3. The lowest BCUT2D eigenvalue weighted by molar-refractivity contribution is -0.129. The van der Waals surface area contributed by atoms with Gasteiger partial charge in [-0.25, -0.2) is 4.79 Å². The van der Waals surface area contributed by atoms with E-state index in [1.165, 1.54) is 139 Å². The Hall–Kier alpha value is -7.43. The zero-order valence-corrected chi connectivity index (χ0v) is 48.6. The fourth-order valence-electron chi connectivity index (χ4n) is 13.0. The Kier molecular flexibility index (Phi) is 15.0. The summed E-state index contributed by atoms with van der Waals surface area (Å²) in [7, 11) is 0. The van der Waals surface area contributed by atoms with Crippen LogP contribution in [0.3, 0.4) is 0 Å². The van der Waals surface area contributed by atoms with Gasteiger partial charge in [-0.2, -0.15) is 10.1 Å². The van der Waals surface area contributed by atoms with Crippen LogP contribution < -0.4 is 9.91 Å². The first-order valence-electron chi connectivity index (χ1n) is 28.8. The van der Waals surface area contributed by atoms with Crippen molar-refractivity contribution in [2.75, 3.05) is 9.91 Å². The van der Waals surface area contributed by atoms with E-state index in [-0.39, 0.29) is 22.1 Å². The van der Waals surface area contributed by atoms with E-state index in [1.54, 1.807) is 53.0 Å².